The van der Waals surface area contributed by atoms with Crippen molar-refractivity contribution < 1.29 is 4.79 Å². The summed E-state index contributed by atoms with van der Waals surface area (Å²) >= 11 is 0. The SMILES string of the molecule is CC1CCC(N(C)C2CCC(NC3CC3)(C(N)=O)C2)CC1. The van der Waals surface area contributed by atoms with Gasteiger partial charge in [-0.05, 0) is 70.8 Å². The number of rotatable bonds is 5. The quantitative estimate of drug-likeness (QED) is 0.815. The molecule has 4 heteroatoms. The second kappa shape index (κ2) is 5.88. The minimum absolute atomic E-state index is 0.137. The Morgan fingerprint density at radius 1 is 1.10 bits per heavy atom. The monoisotopic (exact) mass is 293 g/mol. The predicted molar refractivity (Wildman–Crippen MR) is 84.9 cm³/mol. The number of nitrogens with one attached hydrogen (secondary N) is 1. The first-order valence-corrected chi connectivity index (χ1v) is 8.80. The van der Waals surface area contributed by atoms with Crippen molar-refractivity contribution in [1.82, 2.24) is 10.2 Å². The van der Waals surface area contributed by atoms with E-state index in [4.69, 9.17) is 5.73 Å². The average Bonchev–Trinajstić information content (AvgIpc) is 3.15. The molecule has 21 heavy (non-hydrogen) atoms. The molecule has 0 spiro atoms. The molecule has 120 valence electrons. The number of hydrogen-bond acceptors (Lipinski definition) is 3. The van der Waals surface area contributed by atoms with Crippen LogP contribution in [0.5, 0.6) is 0 Å². The summed E-state index contributed by atoms with van der Waals surface area (Å²) in [6.45, 7) is 2.36. The van der Waals surface area contributed by atoms with Gasteiger partial charge in [0, 0.05) is 18.1 Å². The van der Waals surface area contributed by atoms with E-state index in [9.17, 15) is 4.79 Å². The van der Waals surface area contributed by atoms with E-state index >= 15 is 0 Å². The van der Waals surface area contributed by atoms with E-state index in [-0.39, 0.29) is 5.91 Å². The molecule has 3 saturated carbocycles. The lowest BCUT2D eigenvalue weighted by molar-refractivity contribution is -0.124. The fourth-order valence-electron chi connectivity index (χ4n) is 4.36. The van der Waals surface area contributed by atoms with Gasteiger partial charge in [0.25, 0.3) is 0 Å². The first kappa shape index (κ1) is 15.3. The summed E-state index contributed by atoms with van der Waals surface area (Å²) in [5, 5.41) is 3.56. The molecule has 1 amide bonds. The summed E-state index contributed by atoms with van der Waals surface area (Å²) in [5.74, 6) is 0.752. The normalized spacial score (nSPS) is 40.6. The fraction of sp³-hybridized carbons (Fsp3) is 0.941. The van der Waals surface area contributed by atoms with Gasteiger partial charge in [-0.25, -0.2) is 0 Å². The molecule has 0 saturated heterocycles. The molecular weight excluding hydrogens is 262 g/mol. The van der Waals surface area contributed by atoms with Gasteiger partial charge < -0.3 is 16.0 Å². The highest BCUT2D eigenvalue weighted by Gasteiger charge is 2.48. The molecule has 4 nitrogen and oxygen atoms in total. The first-order valence-electron chi connectivity index (χ1n) is 8.80. The Labute approximate surface area is 128 Å². The van der Waals surface area contributed by atoms with Gasteiger partial charge in [0.2, 0.25) is 5.91 Å². The van der Waals surface area contributed by atoms with Gasteiger partial charge in [0.05, 0.1) is 5.54 Å². The highest BCUT2D eigenvalue weighted by atomic mass is 16.1. The van der Waals surface area contributed by atoms with E-state index in [2.05, 4.69) is 24.2 Å². The summed E-state index contributed by atoms with van der Waals surface area (Å²) in [7, 11) is 2.26. The molecule has 0 aromatic heterocycles. The van der Waals surface area contributed by atoms with Gasteiger partial charge in [0.15, 0.2) is 0 Å². The van der Waals surface area contributed by atoms with Crippen LogP contribution in [-0.4, -0.2) is 41.5 Å². The van der Waals surface area contributed by atoms with Crippen molar-refractivity contribution in [1.29, 1.82) is 0 Å². The zero-order chi connectivity index (χ0) is 15.0. The van der Waals surface area contributed by atoms with Crippen LogP contribution in [0.15, 0.2) is 0 Å². The maximum atomic E-state index is 12.0. The molecule has 0 aromatic carbocycles. The molecule has 0 aliphatic heterocycles. The van der Waals surface area contributed by atoms with Gasteiger partial charge in [-0.2, -0.15) is 0 Å². The smallest absolute Gasteiger partial charge is 0.237 e. The second-order valence-electron chi connectivity index (χ2n) is 7.84. The lowest BCUT2D eigenvalue weighted by Gasteiger charge is -2.38. The van der Waals surface area contributed by atoms with Crippen molar-refractivity contribution in [3.05, 3.63) is 0 Å². The zero-order valence-corrected chi connectivity index (χ0v) is 13.6. The Morgan fingerprint density at radius 2 is 1.76 bits per heavy atom. The standard InChI is InChI=1S/C17H31N3O/c1-12-3-7-14(8-4-12)20(2)15-9-10-17(11-15,16(18)21)19-13-5-6-13/h12-15,19H,3-11H2,1-2H3,(H2,18,21). The van der Waals surface area contributed by atoms with Gasteiger partial charge in [-0.3, -0.25) is 4.79 Å². The number of amides is 1. The van der Waals surface area contributed by atoms with Crippen LogP contribution >= 0.6 is 0 Å². The lowest BCUT2D eigenvalue weighted by Crippen LogP contribution is -2.55. The Balaban J connectivity index is 1.60. The number of primary amides is 1. The molecule has 3 rings (SSSR count). The number of nitrogens with two attached hydrogens (primary N) is 1. The van der Waals surface area contributed by atoms with Gasteiger partial charge in [-0.15, -0.1) is 0 Å². The first-order chi connectivity index (χ1) is 10.00. The summed E-state index contributed by atoms with van der Waals surface area (Å²) in [5.41, 5.74) is 5.32. The maximum absolute atomic E-state index is 12.0. The highest BCUT2D eigenvalue weighted by Crippen LogP contribution is 2.38. The van der Waals surface area contributed by atoms with Crippen molar-refractivity contribution in [2.75, 3.05) is 7.05 Å². The molecule has 3 aliphatic rings. The molecule has 3 aliphatic carbocycles. The Hall–Kier alpha value is -0.610. The number of nitrogens with zero attached hydrogens (tertiary/aromatic N) is 1. The van der Waals surface area contributed by atoms with E-state index in [1.54, 1.807) is 0 Å². The molecule has 2 atom stereocenters. The van der Waals surface area contributed by atoms with Crippen LogP contribution in [0, 0.1) is 5.92 Å². The number of carbonyl (C=O) groups is 1. The number of hydrogen-bond donors (Lipinski definition) is 2. The number of carbonyl (C=O) groups excluding carboxylic acids is 1. The zero-order valence-electron chi connectivity index (χ0n) is 13.6. The van der Waals surface area contributed by atoms with Crippen molar-refractivity contribution in [3.63, 3.8) is 0 Å². The molecule has 2 unspecified atom stereocenters. The van der Waals surface area contributed by atoms with E-state index in [0.29, 0.717) is 18.1 Å². The third-order valence-electron chi connectivity index (χ3n) is 6.16. The van der Waals surface area contributed by atoms with Gasteiger partial charge >= 0.3 is 0 Å². The molecule has 3 fully saturated rings. The molecule has 0 bridgehead atoms. The minimum atomic E-state index is -0.429. The van der Waals surface area contributed by atoms with E-state index in [1.807, 2.05) is 0 Å². The van der Waals surface area contributed by atoms with Crippen LogP contribution in [-0.2, 0) is 4.79 Å². The van der Waals surface area contributed by atoms with Crippen LogP contribution in [0.2, 0.25) is 0 Å². The van der Waals surface area contributed by atoms with Crippen molar-refractivity contribution in [2.45, 2.75) is 88.4 Å². The minimum Gasteiger partial charge on any atom is -0.368 e. The van der Waals surface area contributed by atoms with Crippen LogP contribution in [0.1, 0.15) is 64.7 Å². The largest absolute Gasteiger partial charge is 0.368 e. The van der Waals surface area contributed by atoms with E-state index < -0.39 is 5.54 Å². The summed E-state index contributed by atoms with van der Waals surface area (Å²) in [6.07, 6.45) is 10.7. The van der Waals surface area contributed by atoms with E-state index in [1.165, 1.54) is 38.5 Å². The molecule has 0 radical (unpaired) electrons. The van der Waals surface area contributed by atoms with Crippen molar-refractivity contribution in [3.8, 4) is 0 Å². The summed E-state index contributed by atoms with van der Waals surface area (Å²) in [6, 6.07) is 1.76. The van der Waals surface area contributed by atoms with Crippen LogP contribution in [0.3, 0.4) is 0 Å². The van der Waals surface area contributed by atoms with Crippen LogP contribution in [0.4, 0.5) is 0 Å². The molecular formula is C17H31N3O. The molecule has 3 N–H and O–H groups in total. The average molecular weight is 293 g/mol. The molecule has 0 aromatic rings. The highest BCUT2D eigenvalue weighted by molar-refractivity contribution is 5.85. The van der Waals surface area contributed by atoms with Crippen LogP contribution in [0.25, 0.3) is 0 Å². The maximum Gasteiger partial charge on any atom is 0.237 e. The fourth-order valence-corrected chi connectivity index (χ4v) is 4.36. The third-order valence-corrected chi connectivity index (χ3v) is 6.16. The van der Waals surface area contributed by atoms with Crippen LogP contribution < -0.4 is 11.1 Å². The Bertz CT molecular complexity index is 387. The topological polar surface area (TPSA) is 58.4 Å². The Morgan fingerprint density at radius 3 is 2.33 bits per heavy atom. The van der Waals surface area contributed by atoms with Crippen molar-refractivity contribution in [2.24, 2.45) is 11.7 Å². The predicted octanol–water partition coefficient (Wildman–Crippen LogP) is 2.03. The van der Waals surface area contributed by atoms with Gasteiger partial charge in [0.1, 0.15) is 0 Å². The second-order valence-corrected chi connectivity index (χ2v) is 7.84. The van der Waals surface area contributed by atoms with E-state index in [0.717, 1.165) is 25.2 Å². The molecule has 0 heterocycles. The summed E-state index contributed by atoms with van der Waals surface area (Å²) < 4.78 is 0. The van der Waals surface area contributed by atoms with Crippen molar-refractivity contribution >= 4 is 5.91 Å². The Kier molecular flexibility index (Phi) is 4.28. The van der Waals surface area contributed by atoms with Gasteiger partial charge in [-0.1, -0.05) is 6.92 Å². The lowest BCUT2D eigenvalue weighted by atomic mass is 9.86. The summed E-state index contributed by atoms with van der Waals surface area (Å²) in [4.78, 5) is 14.6. The third kappa shape index (κ3) is 3.26.